The SMILES string of the molecule is CCN(CC(C)(C)O)C(=O)c1ncccc1C#CCN. The Labute approximate surface area is 119 Å². The summed E-state index contributed by atoms with van der Waals surface area (Å²) in [6, 6.07) is 3.46. The molecule has 1 heterocycles. The molecule has 5 heteroatoms. The van der Waals surface area contributed by atoms with Crippen molar-refractivity contribution >= 4 is 5.91 Å². The van der Waals surface area contributed by atoms with Crippen molar-refractivity contribution in [3.05, 3.63) is 29.6 Å². The largest absolute Gasteiger partial charge is 0.389 e. The molecule has 5 nitrogen and oxygen atoms in total. The summed E-state index contributed by atoms with van der Waals surface area (Å²) in [4.78, 5) is 18.2. The topological polar surface area (TPSA) is 79.5 Å². The van der Waals surface area contributed by atoms with Gasteiger partial charge in [-0.1, -0.05) is 11.8 Å². The average Bonchev–Trinajstić information content (AvgIpc) is 2.41. The predicted octanol–water partition coefficient (Wildman–Crippen LogP) is 0.625. The maximum Gasteiger partial charge on any atom is 0.273 e. The summed E-state index contributed by atoms with van der Waals surface area (Å²) >= 11 is 0. The van der Waals surface area contributed by atoms with Gasteiger partial charge >= 0.3 is 0 Å². The third kappa shape index (κ3) is 4.65. The smallest absolute Gasteiger partial charge is 0.273 e. The Hall–Kier alpha value is -1.90. The first kappa shape index (κ1) is 16.2. The van der Waals surface area contributed by atoms with E-state index in [1.165, 1.54) is 0 Å². The monoisotopic (exact) mass is 275 g/mol. The molecule has 1 amide bonds. The minimum absolute atomic E-state index is 0.226. The van der Waals surface area contributed by atoms with E-state index < -0.39 is 5.60 Å². The van der Waals surface area contributed by atoms with E-state index in [-0.39, 0.29) is 19.0 Å². The minimum atomic E-state index is -0.955. The Morgan fingerprint density at radius 2 is 2.25 bits per heavy atom. The molecule has 0 fully saturated rings. The fraction of sp³-hybridized carbons (Fsp3) is 0.467. The minimum Gasteiger partial charge on any atom is -0.389 e. The van der Waals surface area contributed by atoms with Crippen LogP contribution in [0.4, 0.5) is 0 Å². The van der Waals surface area contributed by atoms with Crippen molar-refractivity contribution in [1.29, 1.82) is 0 Å². The van der Waals surface area contributed by atoms with Crippen molar-refractivity contribution in [3.8, 4) is 11.8 Å². The summed E-state index contributed by atoms with van der Waals surface area (Å²) in [6.07, 6.45) is 1.55. The van der Waals surface area contributed by atoms with Gasteiger partial charge < -0.3 is 15.7 Å². The highest BCUT2D eigenvalue weighted by Gasteiger charge is 2.24. The molecule has 0 aromatic carbocycles. The molecule has 3 N–H and O–H groups in total. The van der Waals surface area contributed by atoms with Gasteiger partial charge in [0.05, 0.1) is 17.7 Å². The number of hydrogen-bond acceptors (Lipinski definition) is 4. The number of aromatic nitrogens is 1. The van der Waals surface area contributed by atoms with Gasteiger partial charge in [0.1, 0.15) is 5.69 Å². The van der Waals surface area contributed by atoms with E-state index in [1.54, 1.807) is 37.1 Å². The Kier molecular flexibility index (Phi) is 5.68. The Morgan fingerprint density at radius 1 is 1.55 bits per heavy atom. The summed E-state index contributed by atoms with van der Waals surface area (Å²) < 4.78 is 0. The van der Waals surface area contributed by atoms with Crippen molar-refractivity contribution < 1.29 is 9.90 Å². The zero-order valence-electron chi connectivity index (χ0n) is 12.2. The Bertz CT molecular complexity index is 524. The number of hydrogen-bond donors (Lipinski definition) is 2. The van der Waals surface area contributed by atoms with Crippen molar-refractivity contribution in [2.45, 2.75) is 26.4 Å². The number of pyridine rings is 1. The van der Waals surface area contributed by atoms with E-state index >= 15 is 0 Å². The van der Waals surface area contributed by atoms with Crippen molar-refractivity contribution in [2.24, 2.45) is 5.73 Å². The molecule has 0 aliphatic rings. The molecule has 1 aromatic heterocycles. The number of nitrogens with two attached hydrogens (primary N) is 1. The van der Waals surface area contributed by atoms with Crippen LogP contribution in [0, 0.1) is 11.8 Å². The number of carbonyl (C=O) groups excluding carboxylic acids is 1. The molecule has 0 aliphatic heterocycles. The first-order valence-electron chi connectivity index (χ1n) is 6.54. The molecule has 0 saturated heterocycles. The first-order valence-corrected chi connectivity index (χ1v) is 6.54. The molecule has 1 aromatic rings. The highest BCUT2D eigenvalue weighted by atomic mass is 16.3. The highest BCUT2D eigenvalue weighted by Crippen LogP contribution is 2.11. The summed E-state index contributed by atoms with van der Waals surface area (Å²) in [5.41, 5.74) is 5.24. The van der Waals surface area contributed by atoms with Crippen LogP contribution in [-0.4, -0.2) is 46.1 Å². The lowest BCUT2D eigenvalue weighted by molar-refractivity contribution is 0.0311. The maximum atomic E-state index is 12.5. The second-order valence-electron chi connectivity index (χ2n) is 5.04. The van der Waals surface area contributed by atoms with Crippen molar-refractivity contribution in [2.75, 3.05) is 19.6 Å². The molecule has 0 aliphatic carbocycles. The fourth-order valence-corrected chi connectivity index (χ4v) is 1.77. The number of nitrogens with zero attached hydrogens (tertiary/aromatic N) is 2. The van der Waals surface area contributed by atoms with Crippen LogP contribution < -0.4 is 5.73 Å². The number of rotatable bonds is 4. The van der Waals surface area contributed by atoms with Gasteiger partial charge in [-0.05, 0) is 32.9 Å². The molecule has 0 bridgehead atoms. The van der Waals surface area contributed by atoms with E-state index in [4.69, 9.17) is 5.73 Å². The number of amides is 1. The van der Waals surface area contributed by atoms with Gasteiger partial charge in [-0.2, -0.15) is 0 Å². The third-order valence-corrected chi connectivity index (χ3v) is 2.58. The molecule has 0 radical (unpaired) electrons. The van der Waals surface area contributed by atoms with Crippen molar-refractivity contribution in [3.63, 3.8) is 0 Å². The van der Waals surface area contributed by atoms with E-state index in [0.717, 1.165) is 0 Å². The number of aliphatic hydroxyl groups is 1. The maximum absolute atomic E-state index is 12.5. The standard InChI is InChI=1S/C15H21N3O2/c1-4-18(11-15(2,3)20)14(19)13-12(7-5-9-16)8-6-10-17-13/h6,8,10,20H,4,9,11,16H2,1-3H3. The average molecular weight is 275 g/mol. The summed E-state index contributed by atoms with van der Waals surface area (Å²) in [6.45, 7) is 6.14. The van der Waals surface area contributed by atoms with Crippen LogP contribution in [0.15, 0.2) is 18.3 Å². The predicted molar refractivity (Wildman–Crippen MR) is 78.0 cm³/mol. The second-order valence-corrected chi connectivity index (χ2v) is 5.04. The lowest BCUT2D eigenvalue weighted by atomic mass is 10.1. The molecular formula is C15H21N3O2. The van der Waals surface area contributed by atoms with Gasteiger partial charge in [0, 0.05) is 19.3 Å². The fourth-order valence-electron chi connectivity index (χ4n) is 1.77. The van der Waals surface area contributed by atoms with Crippen LogP contribution in [0.5, 0.6) is 0 Å². The molecule has 108 valence electrons. The third-order valence-electron chi connectivity index (χ3n) is 2.58. The molecular weight excluding hydrogens is 254 g/mol. The molecule has 1 rings (SSSR count). The molecule has 0 saturated carbocycles. The van der Waals surface area contributed by atoms with Gasteiger partial charge in [-0.25, -0.2) is 4.98 Å². The zero-order chi connectivity index (χ0) is 15.2. The number of likely N-dealkylation sites (N-methyl/N-ethyl adjacent to an activating group) is 1. The van der Waals surface area contributed by atoms with Crippen LogP contribution in [0.3, 0.4) is 0 Å². The van der Waals surface area contributed by atoms with Gasteiger partial charge in [0.25, 0.3) is 5.91 Å². The molecule has 20 heavy (non-hydrogen) atoms. The highest BCUT2D eigenvalue weighted by molar-refractivity contribution is 5.94. The lowest BCUT2D eigenvalue weighted by Crippen LogP contribution is -2.42. The van der Waals surface area contributed by atoms with Gasteiger partial charge in [-0.3, -0.25) is 4.79 Å². The van der Waals surface area contributed by atoms with E-state index in [2.05, 4.69) is 16.8 Å². The zero-order valence-corrected chi connectivity index (χ0v) is 12.2. The summed E-state index contributed by atoms with van der Waals surface area (Å²) in [7, 11) is 0. The van der Waals surface area contributed by atoms with Crippen LogP contribution in [-0.2, 0) is 0 Å². The molecule has 0 atom stereocenters. The van der Waals surface area contributed by atoms with Crippen LogP contribution in [0.25, 0.3) is 0 Å². The van der Waals surface area contributed by atoms with Gasteiger partial charge in [0.2, 0.25) is 0 Å². The molecule has 0 unspecified atom stereocenters. The van der Waals surface area contributed by atoms with Crippen LogP contribution in [0.1, 0.15) is 36.8 Å². The quantitative estimate of drug-likeness (QED) is 0.790. The van der Waals surface area contributed by atoms with Crippen molar-refractivity contribution in [1.82, 2.24) is 9.88 Å². The second kappa shape index (κ2) is 7.04. The normalized spacial score (nSPS) is 10.7. The van der Waals surface area contributed by atoms with E-state index in [1.807, 2.05) is 6.92 Å². The van der Waals surface area contributed by atoms with E-state index in [9.17, 15) is 9.90 Å². The Morgan fingerprint density at radius 3 is 2.80 bits per heavy atom. The molecule has 0 spiro atoms. The van der Waals surface area contributed by atoms with Crippen LogP contribution in [0.2, 0.25) is 0 Å². The lowest BCUT2D eigenvalue weighted by Gasteiger charge is -2.28. The van der Waals surface area contributed by atoms with E-state index in [0.29, 0.717) is 17.8 Å². The summed E-state index contributed by atoms with van der Waals surface area (Å²) in [5, 5.41) is 9.87. The summed E-state index contributed by atoms with van der Waals surface area (Å²) in [5.74, 6) is 5.33. The van der Waals surface area contributed by atoms with Gasteiger partial charge in [0.15, 0.2) is 0 Å². The van der Waals surface area contributed by atoms with Gasteiger partial charge in [-0.15, -0.1) is 0 Å². The Balaban J connectivity index is 3.07. The number of carbonyl (C=O) groups is 1. The first-order chi connectivity index (χ1) is 9.39. The van der Waals surface area contributed by atoms with Crippen LogP contribution >= 0.6 is 0 Å².